The van der Waals surface area contributed by atoms with Crippen LogP contribution in [0.1, 0.15) is 66.3 Å². The van der Waals surface area contributed by atoms with E-state index in [1.807, 2.05) is 13.8 Å². The second-order valence-electron chi connectivity index (χ2n) is 12.6. The minimum atomic E-state index is -4.49. The maximum absolute atomic E-state index is 14.3. The van der Waals surface area contributed by atoms with Crippen molar-refractivity contribution in [1.82, 2.24) is 14.8 Å². The zero-order valence-electron chi connectivity index (χ0n) is 28.6. The van der Waals surface area contributed by atoms with Crippen molar-refractivity contribution in [3.05, 3.63) is 83.7 Å². The molecule has 0 saturated heterocycles. The zero-order chi connectivity index (χ0) is 36.4. The van der Waals surface area contributed by atoms with E-state index in [0.29, 0.717) is 36.4 Å². The number of fused-ring (bicyclic) bond motifs is 1. The molecule has 4 amide bonds. The molecule has 0 aliphatic carbocycles. The Labute approximate surface area is 289 Å². The molecule has 4 atom stereocenters. The van der Waals surface area contributed by atoms with Gasteiger partial charge in [-0.05, 0) is 87.7 Å². The molecule has 1 aliphatic rings. The summed E-state index contributed by atoms with van der Waals surface area (Å²) in [6, 6.07) is 11.0. The highest BCUT2D eigenvalue weighted by Gasteiger charge is 2.32. The lowest BCUT2D eigenvalue weighted by Gasteiger charge is -2.35. The second kappa shape index (κ2) is 17.3. The Balaban J connectivity index is 1.57. The summed E-state index contributed by atoms with van der Waals surface area (Å²) in [5.74, 6) is -0.799. The number of amides is 4. The van der Waals surface area contributed by atoms with Gasteiger partial charge in [-0.2, -0.15) is 13.2 Å². The number of rotatable bonds is 7. The quantitative estimate of drug-likeness (QED) is 0.263. The number of alkyl halides is 3. The van der Waals surface area contributed by atoms with Crippen molar-refractivity contribution < 1.29 is 42.1 Å². The Morgan fingerprint density at radius 3 is 2.38 bits per heavy atom. The number of hydrogen-bond acceptors (Lipinski definition) is 7. The van der Waals surface area contributed by atoms with Crippen LogP contribution in [-0.4, -0.2) is 89.3 Å². The third-order valence-electron chi connectivity index (χ3n) is 8.52. The maximum atomic E-state index is 14.3. The van der Waals surface area contributed by atoms with Crippen LogP contribution in [0.15, 0.2) is 67.0 Å². The Kier molecular flexibility index (Phi) is 13.2. The number of aromatic nitrogens is 1. The van der Waals surface area contributed by atoms with Gasteiger partial charge in [0, 0.05) is 62.0 Å². The molecule has 0 fully saturated rings. The molecule has 0 saturated carbocycles. The third kappa shape index (κ3) is 10.4. The van der Waals surface area contributed by atoms with E-state index in [1.165, 1.54) is 34.3 Å². The van der Waals surface area contributed by atoms with Crippen LogP contribution >= 0.6 is 0 Å². The van der Waals surface area contributed by atoms with E-state index in [0.717, 1.165) is 18.6 Å². The number of nitrogens with one attached hydrogen (secondary N) is 2. The number of urea groups is 1. The first-order valence-electron chi connectivity index (χ1n) is 16.5. The van der Waals surface area contributed by atoms with E-state index in [4.69, 9.17) is 9.47 Å². The molecule has 3 N–H and O–H groups in total. The molecule has 0 unspecified atom stereocenters. The largest absolute Gasteiger partial charge is 0.490 e. The fourth-order valence-electron chi connectivity index (χ4n) is 5.48. The summed E-state index contributed by atoms with van der Waals surface area (Å²) in [6.07, 6.45) is -0.122. The molecule has 1 aliphatic heterocycles. The Hall–Kier alpha value is -4.69. The summed E-state index contributed by atoms with van der Waals surface area (Å²) >= 11 is 0. The van der Waals surface area contributed by atoms with Gasteiger partial charge in [-0.1, -0.05) is 6.92 Å². The minimum Gasteiger partial charge on any atom is -0.490 e. The molecule has 2 aromatic carbocycles. The fourth-order valence-corrected chi connectivity index (χ4v) is 5.48. The van der Waals surface area contributed by atoms with Crippen LogP contribution in [-0.2, 0) is 10.9 Å². The molecule has 0 radical (unpaired) electrons. The SMILES string of the molecule is C[C@@H]1CCCCO[C@H](CN(C)C(=O)Nc2ccc(C(F)(F)F)cc2)[C@@H](C)CN([C@H](C)CO)C(=O)c2cc(NC(=O)c3ccncc3)ccc2O1. The first-order valence-corrected chi connectivity index (χ1v) is 16.5. The predicted molar refractivity (Wildman–Crippen MR) is 182 cm³/mol. The van der Waals surface area contributed by atoms with E-state index < -0.39 is 35.8 Å². The Morgan fingerprint density at radius 2 is 1.72 bits per heavy atom. The molecule has 3 aromatic rings. The van der Waals surface area contributed by atoms with Crippen LogP contribution in [0, 0.1) is 5.92 Å². The number of carbonyl (C=O) groups is 3. The molecular weight excluding hydrogens is 655 g/mol. The Bertz CT molecular complexity index is 1590. The fraction of sp³-hybridized carbons (Fsp3) is 0.444. The molecule has 50 heavy (non-hydrogen) atoms. The summed E-state index contributed by atoms with van der Waals surface area (Å²) in [7, 11) is 1.55. The van der Waals surface area contributed by atoms with Gasteiger partial charge in [0.05, 0.1) is 36.0 Å². The zero-order valence-corrected chi connectivity index (χ0v) is 28.6. The van der Waals surface area contributed by atoms with Crippen molar-refractivity contribution >= 4 is 29.2 Å². The molecule has 1 aromatic heterocycles. The molecule has 11 nitrogen and oxygen atoms in total. The number of hydrogen-bond donors (Lipinski definition) is 3. The van der Waals surface area contributed by atoms with Gasteiger partial charge in [-0.25, -0.2) is 4.79 Å². The van der Waals surface area contributed by atoms with Gasteiger partial charge in [0.25, 0.3) is 11.8 Å². The van der Waals surface area contributed by atoms with Crippen LogP contribution in [0.25, 0.3) is 0 Å². The van der Waals surface area contributed by atoms with Crippen molar-refractivity contribution in [3.8, 4) is 5.75 Å². The predicted octanol–water partition coefficient (Wildman–Crippen LogP) is 6.31. The van der Waals surface area contributed by atoms with Gasteiger partial charge in [0.1, 0.15) is 5.75 Å². The van der Waals surface area contributed by atoms with Gasteiger partial charge < -0.3 is 35.0 Å². The van der Waals surface area contributed by atoms with Crippen LogP contribution in [0.2, 0.25) is 0 Å². The minimum absolute atomic E-state index is 0.116. The summed E-state index contributed by atoms with van der Waals surface area (Å²) in [5, 5.41) is 15.6. The van der Waals surface area contributed by atoms with Gasteiger partial charge in [-0.15, -0.1) is 0 Å². The van der Waals surface area contributed by atoms with Gasteiger partial charge in [0.15, 0.2) is 0 Å². The smallest absolute Gasteiger partial charge is 0.416 e. The average Bonchev–Trinajstić information content (AvgIpc) is 3.09. The first-order chi connectivity index (χ1) is 23.8. The van der Waals surface area contributed by atoms with Crippen LogP contribution in [0.5, 0.6) is 5.75 Å². The molecular formula is C36H44F3N5O6. The van der Waals surface area contributed by atoms with E-state index in [9.17, 15) is 32.7 Å². The van der Waals surface area contributed by atoms with Gasteiger partial charge in [0.2, 0.25) is 0 Å². The topological polar surface area (TPSA) is 133 Å². The van der Waals surface area contributed by atoms with E-state index in [2.05, 4.69) is 15.6 Å². The lowest BCUT2D eigenvalue weighted by atomic mass is 10.0. The van der Waals surface area contributed by atoms with E-state index in [1.54, 1.807) is 44.3 Å². The maximum Gasteiger partial charge on any atom is 0.416 e. The Morgan fingerprint density at radius 1 is 1.04 bits per heavy atom. The third-order valence-corrected chi connectivity index (χ3v) is 8.52. The monoisotopic (exact) mass is 699 g/mol. The van der Waals surface area contributed by atoms with Crippen LogP contribution in [0.3, 0.4) is 0 Å². The number of pyridine rings is 1. The van der Waals surface area contributed by atoms with Gasteiger partial charge >= 0.3 is 12.2 Å². The first kappa shape index (κ1) is 38.1. The molecule has 2 heterocycles. The van der Waals surface area contributed by atoms with Crippen molar-refractivity contribution in [1.29, 1.82) is 0 Å². The lowest BCUT2D eigenvalue weighted by Crippen LogP contribution is -2.48. The number of carbonyl (C=O) groups excluding carboxylic acids is 3. The number of aliphatic hydroxyl groups is 1. The standard InChI is InChI=1S/C36H44F3N5O6/c1-23-20-44(24(2)22-45)34(47)30-19-29(41-33(46)26-14-16-40-17-15-26)12-13-31(30)50-25(3)7-5-6-18-49-32(23)21-43(4)35(48)42-28-10-8-27(9-11-28)36(37,38)39/h8-17,19,23-25,32,45H,5-7,18,20-22H2,1-4H3,(H,41,46)(H,42,48)/t23-,24+,25+,32+/m0/s1. The number of likely N-dealkylation sites (N-methyl/N-ethyl adjacent to an activating group) is 1. The molecule has 0 spiro atoms. The second-order valence-corrected chi connectivity index (χ2v) is 12.6. The number of ether oxygens (including phenoxy) is 2. The highest BCUT2D eigenvalue weighted by molar-refractivity contribution is 6.05. The highest BCUT2D eigenvalue weighted by atomic mass is 19.4. The number of halogens is 3. The molecule has 4 rings (SSSR count). The average molecular weight is 700 g/mol. The molecule has 0 bridgehead atoms. The van der Waals surface area contributed by atoms with E-state index >= 15 is 0 Å². The molecule has 14 heteroatoms. The van der Waals surface area contributed by atoms with Crippen molar-refractivity contribution in [3.63, 3.8) is 0 Å². The normalized spacial score (nSPS) is 19.7. The summed E-state index contributed by atoms with van der Waals surface area (Å²) < 4.78 is 51.5. The van der Waals surface area contributed by atoms with Crippen molar-refractivity contribution in [2.75, 3.05) is 44.0 Å². The van der Waals surface area contributed by atoms with Crippen molar-refractivity contribution in [2.24, 2.45) is 5.92 Å². The van der Waals surface area contributed by atoms with Crippen molar-refractivity contribution in [2.45, 2.75) is 64.5 Å². The number of aliphatic hydroxyl groups excluding tert-OH is 1. The summed E-state index contributed by atoms with van der Waals surface area (Å²) in [6.45, 7) is 5.82. The number of benzene rings is 2. The van der Waals surface area contributed by atoms with Crippen LogP contribution in [0.4, 0.5) is 29.3 Å². The number of anilines is 2. The highest BCUT2D eigenvalue weighted by Crippen LogP contribution is 2.31. The molecule has 270 valence electrons. The van der Waals surface area contributed by atoms with Crippen LogP contribution < -0.4 is 15.4 Å². The number of nitrogens with zero attached hydrogens (tertiary/aromatic N) is 3. The lowest BCUT2D eigenvalue weighted by molar-refractivity contribution is -0.137. The summed E-state index contributed by atoms with van der Waals surface area (Å²) in [5.41, 5.74) is 0.359. The van der Waals surface area contributed by atoms with Gasteiger partial charge in [-0.3, -0.25) is 14.6 Å². The van der Waals surface area contributed by atoms with E-state index in [-0.39, 0.29) is 48.9 Å². The summed E-state index contributed by atoms with van der Waals surface area (Å²) in [4.78, 5) is 47.1.